The van der Waals surface area contributed by atoms with E-state index >= 15 is 0 Å². The topological polar surface area (TPSA) is 286 Å². The number of phenolic OH excluding ortho intramolecular Hbond substituents is 1. The van der Waals surface area contributed by atoms with Gasteiger partial charge >= 0.3 is 11.9 Å². The van der Waals surface area contributed by atoms with Crippen LogP contribution in [0.5, 0.6) is 5.75 Å². The van der Waals surface area contributed by atoms with Crippen molar-refractivity contribution >= 4 is 35.6 Å². The molecule has 1 heterocycles. The molecule has 45 heavy (non-hydrogen) atoms. The minimum atomic E-state index is -1.61. The quantitative estimate of drug-likeness (QED) is 0.0834. The molecule has 1 aromatic carbocycles. The molecule has 2 aromatic rings. The maximum Gasteiger partial charge on any atom is 0.326 e. The number of H-pyrrole nitrogens is 1. The summed E-state index contributed by atoms with van der Waals surface area (Å²) in [4.78, 5) is 81.6. The Labute approximate surface area is 258 Å². The van der Waals surface area contributed by atoms with E-state index in [9.17, 15) is 44.1 Å². The van der Waals surface area contributed by atoms with Crippen molar-refractivity contribution in [1.82, 2.24) is 31.2 Å². The van der Waals surface area contributed by atoms with Gasteiger partial charge in [-0.2, -0.15) is 0 Å². The minimum absolute atomic E-state index is 0.0545. The van der Waals surface area contributed by atoms with Gasteiger partial charge in [0.2, 0.25) is 23.6 Å². The number of carbonyl (C=O) groups excluding carboxylic acids is 4. The average Bonchev–Trinajstić information content (AvgIpc) is 3.51. The van der Waals surface area contributed by atoms with Crippen molar-refractivity contribution in [2.24, 2.45) is 11.7 Å². The van der Waals surface area contributed by atoms with Crippen LogP contribution in [-0.4, -0.2) is 103 Å². The number of nitrogens with zero attached hydrogens (tertiary/aromatic N) is 1. The highest BCUT2D eigenvalue weighted by Gasteiger charge is 2.34. The molecule has 0 aliphatic carbocycles. The SMILES string of the molecule is CC[C@H](C)[C@H](NC(=O)[C@H](Cc1ccc(O)cc1)NC(=O)[C@H](CO)NC(=O)[C@@H](N)CC(=O)O)C(=O)N[C@@H](Cc1cnc[nH]1)C(=O)O. The van der Waals surface area contributed by atoms with Crippen molar-refractivity contribution < 1.29 is 49.2 Å². The summed E-state index contributed by atoms with van der Waals surface area (Å²) in [6.07, 6.45) is 2.18. The summed E-state index contributed by atoms with van der Waals surface area (Å²) in [5, 5.41) is 47.5. The molecule has 17 nitrogen and oxygen atoms in total. The smallest absolute Gasteiger partial charge is 0.326 e. The maximum atomic E-state index is 13.6. The molecule has 0 aliphatic rings. The molecule has 4 amide bonds. The Balaban J connectivity index is 2.28. The number of aliphatic hydroxyl groups excluding tert-OH is 1. The van der Waals surface area contributed by atoms with Crippen molar-refractivity contribution in [3.63, 3.8) is 0 Å². The summed E-state index contributed by atoms with van der Waals surface area (Å²) < 4.78 is 0. The van der Waals surface area contributed by atoms with Crippen LogP contribution in [-0.2, 0) is 41.6 Å². The van der Waals surface area contributed by atoms with Gasteiger partial charge in [-0.25, -0.2) is 9.78 Å². The number of aromatic nitrogens is 2. The molecule has 0 radical (unpaired) electrons. The van der Waals surface area contributed by atoms with Gasteiger partial charge in [0.05, 0.1) is 25.4 Å². The van der Waals surface area contributed by atoms with E-state index in [4.69, 9.17) is 10.8 Å². The fourth-order valence-electron chi connectivity index (χ4n) is 4.14. The second kappa shape index (κ2) is 17.3. The van der Waals surface area contributed by atoms with E-state index in [1.165, 1.54) is 36.8 Å². The van der Waals surface area contributed by atoms with Gasteiger partial charge in [0, 0.05) is 24.7 Å². The Kier molecular flexibility index (Phi) is 13.9. The lowest BCUT2D eigenvalue weighted by Gasteiger charge is -2.28. The van der Waals surface area contributed by atoms with Crippen molar-refractivity contribution in [1.29, 1.82) is 0 Å². The first-order valence-corrected chi connectivity index (χ1v) is 14.0. The zero-order chi connectivity index (χ0) is 33.7. The summed E-state index contributed by atoms with van der Waals surface area (Å²) in [6, 6.07) is -1.41. The van der Waals surface area contributed by atoms with Gasteiger partial charge < -0.3 is 52.4 Å². The van der Waals surface area contributed by atoms with Crippen molar-refractivity contribution in [3.8, 4) is 5.75 Å². The van der Waals surface area contributed by atoms with Crippen LogP contribution in [0.2, 0.25) is 0 Å². The lowest BCUT2D eigenvalue weighted by molar-refractivity contribution is -0.142. The molecule has 6 atom stereocenters. The number of imidazole rings is 1. The lowest BCUT2D eigenvalue weighted by Crippen LogP contribution is -2.60. The Hall–Kier alpha value is -5.03. The number of phenols is 1. The number of aromatic hydroxyl groups is 1. The van der Waals surface area contributed by atoms with E-state index in [0.29, 0.717) is 17.7 Å². The van der Waals surface area contributed by atoms with E-state index in [-0.39, 0.29) is 18.6 Å². The number of rotatable bonds is 18. The molecular weight excluding hydrogens is 594 g/mol. The van der Waals surface area contributed by atoms with Crippen LogP contribution in [0.4, 0.5) is 0 Å². The summed E-state index contributed by atoms with van der Waals surface area (Å²) in [6.45, 7) is 2.51. The van der Waals surface area contributed by atoms with Crippen LogP contribution >= 0.6 is 0 Å². The third-order valence-corrected chi connectivity index (χ3v) is 6.94. The van der Waals surface area contributed by atoms with Crippen molar-refractivity contribution in [2.75, 3.05) is 6.61 Å². The second-order valence-electron chi connectivity index (χ2n) is 10.4. The fraction of sp³-hybridized carbons (Fsp3) is 0.464. The fourth-order valence-corrected chi connectivity index (χ4v) is 4.14. The number of carboxylic acids is 2. The van der Waals surface area contributed by atoms with E-state index in [1.807, 2.05) is 0 Å². The maximum absolute atomic E-state index is 13.6. The van der Waals surface area contributed by atoms with Gasteiger partial charge in [-0.05, 0) is 23.6 Å². The number of benzene rings is 1. The molecule has 0 spiro atoms. The number of aliphatic carboxylic acids is 2. The third-order valence-electron chi connectivity index (χ3n) is 6.94. The number of carboxylic acid groups (broad SMARTS) is 2. The van der Waals surface area contributed by atoms with Crippen LogP contribution in [0.3, 0.4) is 0 Å². The van der Waals surface area contributed by atoms with E-state index in [2.05, 4.69) is 31.2 Å². The van der Waals surface area contributed by atoms with Crippen molar-refractivity contribution in [3.05, 3.63) is 48.0 Å². The summed E-state index contributed by atoms with van der Waals surface area (Å²) in [7, 11) is 0. The number of hydrogen-bond acceptors (Lipinski definition) is 10. The number of nitrogens with one attached hydrogen (secondary N) is 5. The summed E-state index contributed by atoms with van der Waals surface area (Å²) in [5.74, 6) is -6.88. The third kappa shape index (κ3) is 11.5. The highest BCUT2D eigenvalue weighted by Crippen LogP contribution is 2.14. The normalized spacial score (nSPS) is 14.9. The largest absolute Gasteiger partial charge is 0.508 e. The van der Waals surface area contributed by atoms with Crippen molar-refractivity contribution in [2.45, 2.75) is 69.7 Å². The number of carbonyl (C=O) groups is 6. The van der Waals surface area contributed by atoms with Gasteiger partial charge in [-0.1, -0.05) is 32.4 Å². The highest BCUT2D eigenvalue weighted by atomic mass is 16.4. The molecule has 246 valence electrons. The molecule has 17 heteroatoms. The first-order chi connectivity index (χ1) is 21.2. The summed E-state index contributed by atoms with van der Waals surface area (Å²) >= 11 is 0. The number of amides is 4. The van der Waals surface area contributed by atoms with E-state index < -0.39 is 84.7 Å². The minimum Gasteiger partial charge on any atom is -0.508 e. The predicted molar refractivity (Wildman–Crippen MR) is 156 cm³/mol. The molecule has 0 saturated carbocycles. The van der Waals surface area contributed by atoms with Gasteiger partial charge in [-0.15, -0.1) is 0 Å². The number of hydrogen-bond donors (Lipinski definition) is 10. The molecule has 2 rings (SSSR count). The first-order valence-electron chi connectivity index (χ1n) is 14.0. The second-order valence-corrected chi connectivity index (χ2v) is 10.4. The van der Waals surface area contributed by atoms with Gasteiger partial charge in [0.1, 0.15) is 29.9 Å². The predicted octanol–water partition coefficient (Wildman–Crippen LogP) is -2.24. The van der Waals surface area contributed by atoms with Gasteiger partial charge in [0.25, 0.3) is 0 Å². The lowest BCUT2D eigenvalue weighted by atomic mass is 9.96. The Bertz CT molecular complexity index is 1320. The van der Waals surface area contributed by atoms with Crippen LogP contribution in [0, 0.1) is 5.92 Å². The van der Waals surface area contributed by atoms with Crippen LogP contribution < -0.4 is 27.0 Å². The standard InChI is InChI=1S/C28H39N7O10/c1-3-14(2)23(27(43)33-20(28(44)45)9-16-11-30-13-31-16)35-25(41)19(8-15-4-6-17(37)7-5-15)32-26(42)21(12-36)34-24(40)18(29)10-22(38)39/h4-7,11,13-14,18-21,23,36-37H,3,8-10,12,29H2,1-2H3,(H,30,31)(H,32,42)(H,33,43)(H,34,40)(H,35,41)(H,38,39)(H,44,45)/t14-,18-,19-,20-,21-,23-/m0/s1. The van der Waals surface area contributed by atoms with Gasteiger partial charge in [0.15, 0.2) is 0 Å². The molecule has 1 aromatic heterocycles. The molecule has 0 saturated heterocycles. The summed E-state index contributed by atoms with van der Waals surface area (Å²) in [5.41, 5.74) is 6.47. The first kappa shape index (κ1) is 36.2. The number of nitrogens with two attached hydrogens (primary N) is 1. The highest BCUT2D eigenvalue weighted by molar-refractivity contribution is 5.96. The van der Waals surface area contributed by atoms with Crippen LogP contribution in [0.25, 0.3) is 0 Å². The Morgan fingerprint density at radius 3 is 2.00 bits per heavy atom. The molecule has 11 N–H and O–H groups in total. The molecule has 0 bridgehead atoms. The zero-order valence-electron chi connectivity index (χ0n) is 24.7. The van der Waals surface area contributed by atoms with E-state index in [0.717, 1.165) is 0 Å². The van der Waals surface area contributed by atoms with Gasteiger partial charge in [-0.3, -0.25) is 24.0 Å². The zero-order valence-corrected chi connectivity index (χ0v) is 24.7. The molecule has 0 aliphatic heterocycles. The number of aliphatic hydroxyl groups is 1. The molecular formula is C28H39N7O10. The monoisotopic (exact) mass is 633 g/mol. The van der Waals surface area contributed by atoms with Crippen LogP contribution in [0.15, 0.2) is 36.8 Å². The average molecular weight is 634 g/mol. The number of aromatic amines is 1. The van der Waals surface area contributed by atoms with E-state index in [1.54, 1.807) is 13.8 Å². The molecule has 0 unspecified atom stereocenters. The van der Waals surface area contributed by atoms with Crippen LogP contribution in [0.1, 0.15) is 37.9 Å². The molecule has 0 fully saturated rings. The Morgan fingerprint density at radius 1 is 0.867 bits per heavy atom. The Morgan fingerprint density at radius 2 is 1.47 bits per heavy atom.